The van der Waals surface area contributed by atoms with Crippen LogP contribution >= 0.6 is 11.8 Å². The van der Waals surface area contributed by atoms with Crippen LogP contribution < -0.4 is 21.1 Å². The Balaban J connectivity index is 1.58. The summed E-state index contributed by atoms with van der Waals surface area (Å²) in [5, 5.41) is 17.5. The van der Waals surface area contributed by atoms with E-state index in [0.29, 0.717) is 29.1 Å². The number of nitrogens with one attached hydrogen (secondary N) is 2. The molecule has 1 heterocycles. The van der Waals surface area contributed by atoms with Crippen molar-refractivity contribution in [2.45, 2.75) is 70.5 Å². The van der Waals surface area contributed by atoms with Crippen LogP contribution in [-0.2, 0) is 22.6 Å². The SMILES string of the molecule is COc1ccc(C[C@H](NC(=O)c2cccc(N)c2C)[C@H](O)C(=O)N2CSC(C)(C)C2C(=O)NCc2c(C)cccc2C)cc1. The monoisotopic (exact) mass is 618 g/mol. The molecule has 9 nitrogen and oxygen atoms in total. The van der Waals surface area contributed by atoms with Crippen molar-refractivity contribution in [3.8, 4) is 5.75 Å². The van der Waals surface area contributed by atoms with Crippen LogP contribution in [0.3, 0.4) is 0 Å². The second-order valence-electron chi connectivity index (χ2n) is 11.8. The van der Waals surface area contributed by atoms with Gasteiger partial charge in [-0.3, -0.25) is 14.4 Å². The van der Waals surface area contributed by atoms with Crippen LogP contribution in [-0.4, -0.2) is 63.6 Å². The lowest BCUT2D eigenvalue weighted by Crippen LogP contribution is -2.58. The average molecular weight is 619 g/mol. The number of nitrogens with zero attached hydrogens (tertiary/aromatic N) is 1. The Kier molecular flexibility index (Phi) is 10.3. The predicted molar refractivity (Wildman–Crippen MR) is 174 cm³/mol. The van der Waals surface area contributed by atoms with Gasteiger partial charge in [-0.15, -0.1) is 11.8 Å². The summed E-state index contributed by atoms with van der Waals surface area (Å²) in [7, 11) is 1.57. The Morgan fingerprint density at radius 1 is 1.05 bits per heavy atom. The van der Waals surface area contributed by atoms with Crippen LogP contribution in [0.4, 0.5) is 5.69 Å². The van der Waals surface area contributed by atoms with Crippen molar-refractivity contribution in [1.29, 1.82) is 0 Å². The van der Waals surface area contributed by atoms with Crippen LogP contribution in [0.15, 0.2) is 60.7 Å². The molecule has 0 radical (unpaired) electrons. The first-order valence-electron chi connectivity index (χ1n) is 14.6. The molecule has 1 fully saturated rings. The van der Waals surface area contributed by atoms with Gasteiger partial charge in [0.25, 0.3) is 11.8 Å². The summed E-state index contributed by atoms with van der Waals surface area (Å²) in [5.41, 5.74) is 11.4. The minimum atomic E-state index is -1.62. The molecule has 3 aromatic carbocycles. The van der Waals surface area contributed by atoms with E-state index in [1.165, 1.54) is 16.7 Å². The maximum atomic E-state index is 14.0. The molecule has 0 aliphatic carbocycles. The molecule has 0 bridgehead atoms. The van der Waals surface area contributed by atoms with E-state index < -0.39 is 34.7 Å². The highest BCUT2D eigenvalue weighted by Crippen LogP contribution is 2.40. The molecule has 1 unspecified atom stereocenters. The second-order valence-corrected chi connectivity index (χ2v) is 13.4. The van der Waals surface area contributed by atoms with E-state index in [2.05, 4.69) is 10.6 Å². The predicted octanol–water partition coefficient (Wildman–Crippen LogP) is 3.90. The summed E-state index contributed by atoms with van der Waals surface area (Å²) < 4.78 is 4.65. The van der Waals surface area contributed by atoms with E-state index >= 15 is 0 Å². The van der Waals surface area contributed by atoms with E-state index in [4.69, 9.17) is 10.5 Å². The number of nitrogen functional groups attached to an aromatic ring is 1. The molecule has 5 N–H and O–H groups in total. The van der Waals surface area contributed by atoms with Gasteiger partial charge < -0.3 is 31.1 Å². The van der Waals surface area contributed by atoms with Gasteiger partial charge in [0.05, 0.1) is 19.0 Å². The van der Waals surface area contributed by atoms with Gasteiger partial charge in [0.15, 0.2) is 6.10 Å². The molecule has 3 atom stereocenters. The Morgan fingerprint density at radius 2 is 1.68 bits per heavy atom. The largest absolute Gasteiger partial charge is 0.497 e. The summed E-state index contributed by atoms with van der Waals surface area (Å²) >= 11 is 1.47. The van der Waals surface area contributed by atoms with Crippen LogP contribution in [0.5, 0.6) is 5.75 Å². The number of aryl methyl sites for hydroxylation is 2. The lowest BCUT2D eigenvalue weighted by atomic mass is 9.96. The lowest BCUT2D eigenvalue weighted by Gasteiger charge is -2.33. The zero-order chi connectivity index (χ0) is 32.2. The Labute approximate surface area is 263 Å². The number of hydrogen-bond donors (Lipinski definition) is 4. The van der Waals surface area contributed by atoms with Crippen molar-refractivity contribution in [2.24, 2.45) is 0 Å². The van der Waals surface area contributed by atoms with Gasteiger partial charge in [0.1, 0.15) is 11.8 Å². The minimum Gasteiger partial charge on any atom is -0.497 e. The van der Waals surface area contributed by atoms with E-state index in [0.717, 1.165) is 22.3 Å². The van der Waals surface area contributed by atoms with Crippen LogP contribution in [0.1, 0.15) is 52.0 Å². The van der Waals surface area contributed by atoms with Gasteiger partial charge in [0.2, 0.25) is 5.91 Å². The molecule has 234 valence electrons. The normalized spacial score (nSPS) is 17.1. The van der Waals surface area contributed by atoms with Gasteiger partial charge in [-0.1, -0.05) is 36.4 Å². The molecule has 1 saturated heterocycles. The smallest absolute Gasteiger partial charge is 0.254 e. The van der Waals surface area contributed by atoms with Gasteiger partial charge in [0, 0.05) is 22.5 Å². The summed E-state index contributed by atoms with van der Waals surface area (Å²) in [4.78, 5) is 42.5. The summed E-state index contributed by atoms with van der Waals surface area (Å²) in [6.45, 7) is 9.90. The first-order valence-corrected chi connectivity index (χ1v) is 15.6. The van der Waals surface area contributed by atoms with Crippen molar-refractivity contribution < 1.29 is 24.2 Å². The van der Waals surface area contributed by atoms with Crippen molar-refractivity contribution >= 4 is 35.2 Å². The number of carbonyl (C=O) groups is 3. The molecule has 0 aromatic heterocycles. The number of ether oxygens (including phenoxy) is 1. The first kappa shape index (κ1) is 32.9. The maximum absolute atomic E-state index is 14.0. The Bertz CT molecular complexity index is 1500. The second kappa shape index (κ2) is 13.7. The van der Waals surface area contributed by atoms with Gasteiger partial charge in [-0.05, 0) is 93.1 Å². The third-order valence-corrected chi connectivity index (χ3v) is 9.72. The number of aliphatic hydroxyl groups excluding tert-OH is 1. The van der Waals surface area contributed by atoms with Gasteiger partial charge in [-0.2, -0.15) is 0 Å². The zero-order valence-electron chi connectivity index (χ0n) is 26.1. The highest BCUT2D eigenvalue weighted by molar-refractivity contribution is 8.00. The fourth-order valence-electron chi connectivity index (χ4n) is 5.56. The average Bonchev–Trinajstić information content (AvgIpc) is 3.32. The molecular formula is C34H42N4O5S. The number of methoxy groups -OCH3 is 1. The minimum absolute atomic E-state index is 0.164. The zero-order valence-corrected chi connectivity index (χ0v) is 27.0. The van der Waals surface area contributed by atoms with E-state index in [9.17, 15) is 19.5 Å². The number of thioether (sulfide) groups is 1. The molecule has 0 spiro atoms. The van der Waals surface area contributed by atoms with E-state index in [-0.39, 0.29) is 18.2 Å². The summed E-state index contributed by atoms with van der Waals surface area (Å²) in [6, 6.07) is 16.4. The molecule has 0 saturated carbocycles. The number of anilines is 1. The lowest BCUT2D eigenvalue weighted by molar-refractivity contribution is -0.147. The molecule has 10 heteroatoms. The third-order valence-electron chi connectivity index (χ3n) is 8.35. The number of carbonyl (C=O) groups excluding carboxylic acids is 3. The highest BCUT2D eigenvalue weighted by Gasteiger charge is 2.49. The Hall–Kier alpha value is -4.02. The molecule has 44 heavy (non-hydrogen) atoms. The first-order chi connectivity index (χ1) is 20.8. The number of hydrogen-bond acceptors (Lipinski definition) is 7. The molecule has 3 amide bonds. The third kappa shape index (κ3) is 7.19. The van der Waals surface area contributed by atoms with Crippen molar-refractivity contribution in [2.75, 3.05) is 18.7 Å². The number of rotatable bonds is 10. The fraction of sp³-hybridized carbons (Fsp3) is 0.382. The molecule has 1 aliphatic rings. The molecule has 1 aliphatic heterocycles. The van der Waals surface area contributed by atoms with Crippen molar-refractivity contribution in [1.82, 2.24) is 15.5 Å². The molecule has 3 aromatic rings. The van der Waals surface area contributed by atoms with Crippen LogP contribution in [0, 0.1) is 20.8 Å². The van der Waals surface area contributed by atoms with Crippen molar-refractivity contribution in [3.05, 3.63) is 94.0 Å². The van der Waals surface area contributed by atoms with Crippen LogP contribution in [0.25, 0.3) is 0 Å². The highest BCUT2D eigenvalue weighted by atomic mass is 32.2. The van der Waals surface area contributed by atoms with Crippen molar-refractivity contribution in [3.63, 3.8) is 0 Å². The number of aliphatic hydroxyl groups is 1. The standard InChI is InChI=1S/C34H42N4O5S/c1-20-9-7-10-21(2)26(20)18-36-32(41)30-34(4,5)44-19-38(30)33(42)29(39)28(17-23-13-15-24(43-6)16-14-23)37-31(40)25-11-8-12-27(35)22(25)3/h7-16,28-30,39H,17-19,35H2,1-6H3,(H,36,41)(H,37,40)/t28-,29-,30?/m0/s1. The van der Waals surface area contributed by atoms with Crippen LogP contribution in [0.2, 0.25) is 0 Å². The fourth-order valence-corrected chi connectivity index (χ4v) is 6.70. The molecular weight excluding hydrogens is 576 g/mol. The quantitative estimate of drug-likeness (QED) is 0.253. The number of nitrogens with two attached hydrogens (primary N) is 1. The van der Waals surface area contributed by atoms with Gasteiger partial charge in [-0.25, -0.2) is 0 Å². The molecule has 4 rings (SSSR count). The van der Waals surface area contributed by atoms with E-state index in [1.807, 2.05) is 58.0 Å². The topological polar surface area (TPSA) is 134 Å². The number of benzene rings is 3. The summed E-state index contributed by atoms with van der Waals surface area (Å²) in [5.74, 6) is -0.499. The van der Waals surface area contributed by atoms with E-state index in [1.54, 1.807) is 44.4 Å². The maximum Gasteiger partial charge on any atom is 0.254 e. The number of amides is 3. The summed E-state index contributed by atoms with van der Waals surface area (Å²) in [6.07, 6.45) is -1.46. The Morgan fingerprint density at radius 3 is 2.32 bits per heavy atom. The van der Waals surface area contributed by atoms with Gasteiger partial charge >= 0.3 is 0 Å².